The molecular formula is C16H18N2O5S. The molecule has 3 N–H and O–H groups in total. The van der Waals surface area contributed by atoms with Crippen LogP contribution in [-0.2, 0) is 10.0 Å². The molecule has 2 aromatic carbocycles. The highest BCUT2D eigenvalue weighted by Crippen LogP contribution is 2.15. The third kappa shape index (κ3) is 4.71. The molecule has 0 saturated carbocycles. The predicted molar refractivity (Wildman–Crippen MR) is 88.6 cm³/mol. The zero-order chi connectivity index (χ0) is 17.6. The largest absolute Gasteiger partial charge is 0.508 e. The average Bonchev–Trinajstić information content (AvgIpc) is 2.58. The summed E-state index contributed by atoms with van der Waals surface area (Å²) >= 11 is 0. The van der Waals surface area contributed by atoms with Gasteiger partial charge in [-0.3, -0.25) is 4.79 Å². The van der Waals surface area contributed by atoms with E-state index in [2.05, 4.69) is 10.0 Å². The van der Waals surface area contributed by atoms with E-state index in [1.807, 2.05) is 0 Å². The van der Waals surface area contributed by atoms with Crippen LogP contribution in [0.5, 0.6) is 11.5 Å². The lowest BCUT2D eigenvalue weighted by atomic mass is 10.2. The molecule has 0 saturated heterocycles. The van der Waals surface area contributed by atoms with E-state index in [1.165, 1.54) is 31.4 Å². The maximum absolute atomic E-state index is 12.1. The summed E-state index contributed by atoms with van der Waals surface area (Å²) in [7, 11) is -2.15. The summed E-state index contributed by atoms with van der Waals surface area (Å²) in [4.78, 5) is 12.0. The average molecular weight is 350 g/mol. The topological polar surface area (TPSA) is 105 Å². The first kappa shape index (κ1) is 17.8. The third-order valence-corrected chi connectivity index (χ3v) is 4.66. The standard InChI is InChI=1S/C16H18N2O5S/c1-23-14-5-7-15(8-6-14)24(21,22)18-10-9-17-16(20)12-3-2-4-13(19)11-12/h2-8,11,18-19H,9-10H2,1H3,(H,17,20). The highest BCUT2D eigenvalue weighted by atomic mass is 32.2. The second-order valence-electron chi connectivity index (χ2n) is 4.88. The Labute approximate surface area is 140 Å². The Hall–Kier alpha value is -2.58. The minimum atomic E-state index is -3.65. The fraction of sp³-hybridized carbons (Fsp3) is 0.188. The Morgan fingerprint density at radius 1 is 1.12 bits per heavy atom. The summed E-state index contributed by atoms with van der Waals surface area (Å²) in [6, 6.07) is 11.9. The van der Waals surface area contributed by atoms with E-state index in [4.69, 9.17) is 4.74 Å². The molecule has 0 radical (unpaired) electrons. The van der Waals surface area contributed by atoms with Gasteiger partial charge in [0.2, 0.25) is 10.0 Å². The van der Waals surface area contributed by atoms with E-state index in [1.54, 1.807) is 24.3 Å². The number of hydrogen-bond acceptors (Lipinski definition) is 5. The molecular weight excluding hydrogens is 332 g/mol. The third-order valence-electron chi connectivity index (χ3n) is 3.18. The zero-order valence-corrected chi connectivity index (χ0v) is 13.8. The van der Waals surface area contributed by atoms with Crippen LogP contribution >= 0.6 is 0 Å². The van der Waals surface area contributed by atoms with Crippen molar-refractivity contribution in [2.24, 2.45) is 0 Å². The van der Waals surface area contributed by atoms with Crippen LogP contribution in [0.3, 0.4) is 0 Å². The quantitative estimate of drug-likeness (QED) is 0.649. The lowest BCUT2D eigenvalue weighted by molar-refractivity contribution is 0.0954. The van der Waals surface area contributed by atoms with Crippen LogP contribution in [-0.4, -0.2) is 39.6 Å². The van der Waals surface area contributed by atoms with Crippen LogP contribution < -0.4 is 14.8 Å². The first-order chi connectivity index (χ1) is 11.4. The number of phenolic OH excluding ortho intramolecular Hbond substituents is 1. The molecule has 0 heterocycles. The number of nitrogens with one attached hydrogen (secondary N) is 2. The van der Waals surface area contributed by atoms with Gasteiger partial charge in [0.25, 0.3) is 5.91 Å². The number of hydrogen-bond donors (Lipinski definition) is 3. The molecule has 0 spiro atoms. The Bertz CT molecular complexity index is 803. The molecule has 2 aromatic rings. The fourth-order valence-corrected chi connectivity index (χ4v) is 2.98. The minimum Gasteiger partial charge on any atom is -0.508 e. The summed E-state index contributed by atoms with van der Waals surface area (Å²) in [5, 5.41) is 11.9. The predicted octanol–water partition coefficient (Wildman–Crippen LogP) is 1.11. The van der Waals surface area contributed by atoms with Crippen molar-refractivity contribution in [3.8, 4) is 11.5 Å². The van der Waals surface area contributed by atoms with Crippen molar-refractivity contribution in [1.82, 2.24) is 10.0 Å². The molecule has 0 atom stereocenters. The molecule has 0 unspecified atom stereocenters. The van der Waals surface area contributed by atoms with Crippen molar-refractivity contribution in [2.75, 3.05) is 20.2 Å². The summed E-state index contributed by atoms with van der Waals surface area (Å²) in [6.45, 7) is 0.156. The normalized spacial score (nSPS) is 11.0. The van der Waals surface area contributed by atoms with Crippen LogP contribution in [0.4, 0.5) is 0 Å². The number of amides is 1. The summed E-state index contributed by atoms with van der Waals surface area (Å²) in [6.07, 6.45) is 0. The Morgan fingerprint density at radius 3 is 2.46 bits per heavy atom. The van der Waals surface area contributed by atoms with Crippen molar-refractivity contribution in [3.05, 3.63) is 54.1 Å². The Balaban J connectivity index is 1.85. The highest BCUT2D eigenvalue weighted by molar-refractivity contribution is 7.89. The van der Waals surface area contributed by atoms with Crippen LogP contribution in [0.2, 0.25) is 0 Å². The van der Waals surface area contributed by atoms with Gasteiger partial charge in [-0.05, 0) is 42.5 Å². The van der Waals surface area contributed by atoms with Gasteiger partial charge in [0.15, 0.2) is 0 Å². The number of methoxy groups -OCH3 is 1. The number of carbonyl (C=O) groups is 1. The van der Waals surface area contributed by atoms with Gasteiger partial charge in [-0.1, -0.05) is 6.07 Å². The van der Waals surface area contributed by atoms with E-state index in [0.717, 1.165) is 0 Å². The monoisotopic (exact) mass is 350 g/mol. The molecule has 0 aliphatic rings. The smallest absolute Gasteiger partial charge is 0.251 e. The second-order valence-corrected chi connectivity index (χ2v) is 6.65. The molecule has 7 nitrogen and oxygen atoms in total. The Morgan fingerprint density at radius 2 is 1.83 bits per heavy atom. The van der Waals surface area contributed by atoms with Gasteiger partial charge < -0.3 is 15.2 Å². The Kier molecular flexibility index (Phi) is 5.78. The molecule has 0 fully saturated rings. The SMILES string of the molecule is COc1ccc(S(=O)(=O)NCCNC(=O)c2cccc(O)c2)cc1. The van der Waals surface area contributed by atoms with E-state index < -0.39 is 15.9 Å². The van der Waals surface area contributed by atoms with Gasteiger partial charge in [0.05, 0.1) is 12.0 Å². The van der Waals surface area contributed by atoms with Crippen molar-refractivity contribution < 1.29 is 23.1 Å². The number of aromatic hydroxyl groups is 1. The minimum absolute atomic E-state index is 0.0112. The van der Waals surface area contributed by atoms with Crippen LogP contribution in [0.1, 0.15) is 10.4 Å². The first-order valence-corrected chi connectivity index (χ1v) is 8.61. The van der Waals surface area contributed by atoms with E-state index >= 15 is 0 Å². The molecule has 0 aliphatic heterocycles. The summed E-state index contributed by atoms with van der Waals surface area (Å²) in [5.41, 5.74) is 0.299. The van der Waals surface area contributed by atoms with Crippen molar-refractivity contribution >= 4 is 15.9 Å². The molecule has 24 heavy (non-hydrogen) atoms. The lowest BCUT2D eigenvalue weighted by Gasteiger charge is -2.09. The van der Waals surface area contributed by atoms with E-state index in [9.17, 15) is 18.3 Å². The van der Waals surface area contributed by atoms with Crippen LogP contribution in [0.15, 0.2) is 53.4 Å². The number of benzene rings is 2. The second kappa shape index (κ2) is 7.80. The molecule has 1 amide bonds. The lowest BCUT2D eigenvalue weighted by Crippen LogP contribution is -2.34. The highest BCUT2D eigenvalue weighted by Gasteiger charge is 2.13. The van der Waals surface area contributed by atoms with Gasteiger partial charge in [0.1, 0.15) is 11.5 Å². The first-order valence-electron chi connectivity index (χ1n) is 7.13. The molecule has 2 rings (SSSR count). The zero-order valence-electron chi connectivity index (χ0n) is 13.0. The molecule has 128 valence electrons. The van der Waals surface area contributed by atoms with Gasteiger partial charge in [-0.25, -0.2) is 13.1 Å². The number of carbonyl (C=O) groups excluding carboxylic acids is 1. The molecule has 0 aromatic heterocycles. The van der Waals surface area contributed by atoms with Crippen LogP contribution in [0.25, 0.3) is 0 Å². The fourth-order valence-electron chi connectivity index (χ4n) is 1.95. The van der Waals surface area contributed by atoms with Crippen molar-refractivity contribution in [2.45, 2.75) is 4.90 Å². The number of phenols is 1. The maximum atomic E-state index is 12.1. The number of ether oxygens (including phenoxy) is 1. The van der Waals surface area contributed by atoms with E-state index in [-0.39, 0.29) is 23.7 Å². The van der Waals surface area contributed by atoms with Gasteiger partial charge in [-0.2, -0.15) is 0 Å². The van der Waals surface area contributed by atoms with Gasteiger partial charge >= 0.3 is 0 Å². The number of rotatable bonds is 7. The summed E-state index contributed by atoms with van der Waals surface area (Å²) < 4.78 is 31.6. The number of sulfonamides is 1. The van der Waals surface area contributed by atoms with Crippen LogP contribution in [0, 0.1) is 0 Å². The maximum Gasteiger partial charge on any atom is 0.251 e. The molecule has 0 bridgehead atoms. The summed E-state index contributed by atoms with van der Waals surface area (Å²) in [5.74, 6) is 0.157. The van der Waals surface area contributed by atoms with Crippen molar-refractivity contribution in [1.29, 1.82) is 0 Å². The van der Waals surface area contributed by atoms with E-state index in [0.29, 0.717) is 11.3 Å². The molecule has 0 aliphatic carbocycles. The van der Waals surface area contributed by atoms with Crippen molar-refractivity contribution in [3.63, 3.8) is 0 Å². The van der Waals surface area contributed by atoms with Gasteiger partial charge in [-0.15, -0.1) is 0 Å². The molecule has 8 heteroatoms. The van der Waals surface area contributed by atoms with Gasteiger partial charge in [0, 0.05) is 18.7 Å².